The summed E-state index contributed by atoms with van der Waals surface area (Å²) < 4.78 is 18.5. The van der Waals surface area contributed by atoms with E-state index in [1.165, 1.54) is 12.1 Å². The summed E-state index contributed by atoms with van der Waals surface area (Å²) in [5.74, 6) is 0.427. The third kappa shape index (κ3) is 5.46. The fourth-order valence-corrected chi connectivity index (χ4v) is 4.36. The highest BCUT2D eigenvalue weighted by molar-refractivity contribution is 6.36. The number of hydrogen-bond donors (Lipinski definition) is 1. The summed E-state index contributed by atoms with van der Waals surface area (Å²) in [6.45, 7) is 3.79. The van der Waals surface area contributed by atoms with Crippen molar-refractivity contribution < 1.29 is 13.7 Å². The zero-order valence-electron chi connectivity index (χ0n) is 17.5. The topological polar surface area (TPSA) is 71.3 Å². The molecule has 0 aliphatic carbocycles. The van der Waals surface area contributed by atoms with Crippen LogP contribution in [0.5, 0.6) is 0 Å². The van der Waals surface area contributed by atoms with Gasteiger partial charge in [-0.3, -0.25) is 9.69 Å². The molecule has 6 nitrogen and oxygen atoms in total. The van der Waals surface area contributed by atoms with E-state index in [0.717, 1.165) is 24.9 Å². The van der Waals surface area contributed by atoms with E-state index in [1.807, 2.05) is 6.92 Å². The van der Waals surface area contributed by atoms with Crippen molar-refractivity contribution in [1.82, 2.24) is 20.4 Å². The molecule has 168 valence electrons. The predicted octanol–water partition coefficient (Wildman–Crippen LogP) is 5.27. The number of likely N-dealkylation sites (tertiary alicyclic amines) is 1. The van der Waals surface area contributed by atoms with Crippen molar-refractivity contribution in [3.63, 3.8) is 0 Å². The van der Waals surface area contributed by atoms with Crippen LogP contribution in [-0.2, 0) is 11.3 Å². The monoisotopic (exact) mass is 476 g/mol. The Morgan fingerprint density at radius 1 is 1.28 bits per heavy atom. The first-order chi connectivity index (χ1) is 15.4. The third-order valence-electron chi connectivity index (χ3n) is 5.60. The van der Waals surface area contributed by atoms with E-state index in [2.05, 4.69) is 20.4 Å². The second kappa shape index (κ2) is 9.98. The van der Waals surface area contributed by atoms with Gasteiger partial charge in [0.2, 0.25) is 17.6 Å². The van der Waals surface area contributed by atoms with Crippen molar-refractivity contribution in [3.8, 4) is 11.4 Å². The Bertz CT molecular complexity index is 1090. The van der Waals surface area contributed by atoms with Crippen LogP contribution in [0.2, 0.25) is 10.0 Å². The minimum atomic E-state index is -0.294. The highest BCUT2D eigenvalue weighted by Gasteiger charge is 2.28. The maximum Gasteiger partial charge on any atom is 0.241 e. The fraction of sp³-hybridized carbons (Fsp3) is 0.348. The number of amides is 1. The van der Waals surface area contributed by atoms with E-state index in [0.29, 0.717) is 40.4 Å². The van der Waals surface area contributed by atoms with Crippen molar-refractivity contribution in [3.05, 3.63) is 69.8 Å². The van der Waals surface area contributed by atoms with E-state index < -0.39 is 0 Å². The Morgan fingerprint density at radius 2 is 2.06 bits per heavy atom. The fourth-order valence-electron chi connectivity index (χ4n) is 3.87. The van der Waals surface area contributed by atoms with Crippen LogP contribution in [0.25, 0.3) is 11.4 Å². The maximum absolute atomic E-state index is 13.1. The highest BCUT2D eigenvalue weighted by Crippen LogP contribution is 2.29. The molecule has 2 unspecified atom stereocenters. The van der Waals surface area contributed by atoms with Gasteiger partial charge in [-0.05, 0) is 62.2 Å². The van der Waals surface area contributed by atoms with Gasteiger partial charge in [0.05, 0.1) is 23.5 Å². The summed E-state index contributed by atoms with van der Waals surface area (Å²) in [5, 5.41) is 8.06. The van der Waals surface area contributed by atoms with Crippen molar-refractivity contribution >= 4 is 29.1 Å². The van der Waals surface area contributed by atoms with Gasteiger partial charge < -0.3 is 9.84 Å². The van der Waals surface area contributed by atoms with Crippen LogP contribution in [0.1, 0.15) is 37.3 Å². The number of nitrogens with zero attached hydrogens (tertiary/aromatic N) is 3. The summed E-state index contributed by atoms with van der Waals surface area (Å²) in [6, 6.07) is 11.1. The number of benzene rings is 2. The van der Waals surface area contributed by atoms with Crippen LogP contribution < -0.4 is 5.32 Å². The first kappa shape index (κ1) is 22.7. The van der Waals surface area contributed by atoms with Gasteiger partial charge in [0.15, 0.2) is 0 Å². The molecule has 1 aromatic heterocycles. The second-order valence-corrected chi connectivity index (χ2v) is 8.84. The van der Waals surface area contributed by atoms with Gasteiger partial charge in [-0.15, -0.1) is 0 Å². The lowest BCUT2D eigenvalue weighted by Crippen LogP contribution is -2.43. The van der Waals surface area contributed by atoms with Crippen molar-refractivity contribution in [2.45, 2.75) is 32.4 Å². The lowest BCUT2D eigenvalue weighted by molar-refractivity contribution is -0.127. The van der Waals surface area contributed by atoms with Crippen molar-refractivity contribution in [2.24, 2.45) is 5.92 Å². The Labute approximate surface area is 195 Å². The Hall–Kier alpha value is -2.48. The molecule has 0 bridgehead atoms. The molecule has 32 heavy (non-hydrogen) atoms. The van der Waals surface area contributed by atoms with Crippen molar-refractivity contribution in [1.29, 1.82) is 0 Å². The largest absolute Gasteiger partial charge is 0.349 e. The molecule has 2 heterocycles. The molecule has 2 aromatic carbocycles. The summed E-state index contributed by atoms with van der Waals surface area (Å²) in [7, 11) is 0. The van der Waals surface area contributed by atoms with Crippen LogP contribution in [0.4, 0.5) is 4.39 Å². The van der Waals surface area contributed by atoms with Gasteiger partial charge in [0.25, 0.3) is 0 Å². The molecular weight excluding hydrogens is 454 g/mol. The van der Waals surface area contributed by atoms with Gasteiger partial charge in [-0.25, -0.2) is 4.39 Å². The number of aromatic nitrogens is 2. The summed E-state index contributed by atoms with van der Waals surface area (Å²) >= 11 is 12.2. The molecule has 9 heteroatoms. The molecule has 3 aromatic rings. The lowest BCUT2D eigenvalue weighted by Gasteiger charge is -2.31. The molecule has 4 rings (SSSR count). The first-order valence-corrected chi connectivity index (χ1v) is 11.2. The van der Waals surface area contributed by atoms with Gasteiger partial charge in [-0.2, -0.15) is 4.98 Å². The van der Waals surface area contributed by atoms with Gasteiger partial charge in [0.1, 0.15) is 5.82 Å². The average Bonchev–Trinajstić information content (AvgIpc) is 3.22. The molecule has 0 saturated carbocycles. The van der Waals surface area contributed by atoms with Gasteiger partial charge in [-0.1, -0.05) is 40.5 Å². The number of rotatable bonds is 6. The number of nitrogens with one attached hydrogen (secondary N) is 1. The van der Waals surface area contributed by atoms with E-state index in [1.54, 1.807) is 30.3 Å². The second-order valence-electron chi connectivity index (χ2n) is 7.99. The molecule has 1 aliphatic heterocycles. The van der Waals surface area contributed by atoms with E-state index in [-0.39, 0.29) is 23.7 Å². The van der Waals surface area contributed by atoms with Crippen LogP contribution in [0.15, 0.2) is 47.0 Å². The summed E-state index contributed by atoms with van der Waals surface area (Å²) in [5.41, 5.74) is 1.52. The Kier molecular flexibility index (Phi) is 7.08. The van der Waals surface area contributed by atoms with Crippen LogP contribution in [0.3, 0.4) is 0 Å². The van der Waals surface area contributed by atoms with Crippen molar-refractivity contribution in [2.75, 3.05) is 13.1 Å². The molecule has 1 saturated heterocycles. The smallest absolute Gasteiger partial charge is 0.241 e. The third-order valence-corrected chi connectivity index (χ3v) is 6.15. The minimum Gasteiger partial charge on any atom is -0.349 e. The highest BCUT2D eigenvalue weighted by atomic mass is 35.5. The molecule has 1 aliphatic rings. The molecule has 0 spiro atoms. The predicted molar refractivity (Wildman–Crippen MR) is 121 cm³/mol. The van der Waals surface area contributed by atoms with Gasteiger partial charge in [0, 0.05) is 17.1 Å². The van der Waals surface area contributed by atoms with E-state index in [4.69, 9.17) is 27.7 Å². The number of piperidine rings is 1. The summed E-state index contributed by atoms with van der Waals surface area (Å²) in [4.78, 5) is 19.4. The normalized spacial score (nSPS) is 17.8. The molecule has 1 fully saturated rings. The lowest BCUT2D eigenvalue weighted by atomic mass is 9.96. The Balaban J connectivity index is 1.35. The van der Waals surface area contributed by atoms with E-state index in [9.17, 15) is 9.18 Å². The Morgan fingerprint density at radius 3 is 2.81 bits per heavy atom. The van der Waals surface area contributed by atoms with Crippen LogP contribution in [-0.4, -0.2) is 34.0 Å². The number of halogens is 3. The average molecular weight is 477 g/mol. The molecular formula is C23H23Cl2FN4O2. The minimum absolute atomic E-state index is 0.00862. The SMILES string of the molecule is CC(NC(=O)C1CCCN(Cc2nc(-c3ccc(Cl)cc3Cl)no2)C1)c1ccc(F)cc1. The molecule has 1 amide bonds. The maximum atomic E-state index is 13.1. The van der Waals surface area contributed by atoms with Crippen LogP contribution in [0, 0.1) is 11.7 Å². The standard InChI is InChI=1S/C23H23Cl2FN4O2/c1-14(15-4-7-18(26)8-5-15)27-23(31)16-3-2-10-30(12-16)13-21-28-22(29-32-21)19-9-6-17(24)11-20(19)25/h4-9,11,14,16H,2-3,10,12-13H2,1H3,(H,27,31). The number of hydrogen-bond acceptors (Lipinski definition) is 5. The number of carbonyl (C=O) groups excluding carboxylic acids is 1. The summed E-state index contributed by atoms with van der Waals surface area (Å²) in [6.07, 6.45) is 1.71. The van der Waals surface area contributed by atoms with Gasteiger partial charge >= 0.3 is 0 Å². The van der Waals surface area contributed by atoms with Crippen LogP contribution >= 0.6 is 23.2 Å². The molecule has 0 radical (unpaired) electrons. The molecule has 1 N–H and O–H groups in total. The quantitative estimate of drug-likeness (QED) is 0.524. The zero-order chi connectivity index (χ0) is 22.7. The van der Waals surface area contributed by atoms with E-state index >= 15 is 0 Å². The number of carbonyl (C=O) groups is 1. The first-order valence-electron chi connectivity index (χ1n) is 10.5. The molecule has 2 atom stereocenters. The zero-order valence-corrected chi connectivity index (χ0v) is 19.0.